The highest BCUT2D eigenvalue weighted by Crippen LogP contribution is 2.44. The van der Waals surface area contributed by atoms with E-state index in [4.69, 9.17) is 0 Å². The van der Waals surface area contributed by atoms with E-state index in [2.05, 4.69) is 23.8 Å². The second kappa shape index (κ2) is 7.25. The number of rotatable bonds is 4. The lowest BCUT2D eigenvalue weighted by molar-refractivity contribution is -0.134. The topological polar surface area (TPSA) is 65.9 Å². The molecule has 0 N–H and O–H groups in total. The molecule has 162 valence electrons. The normalized spacial score (nSPS) is 24.8. The standard InChI is InChI=1S/C24H28N4O3/c1-17-19-9-5-13-25(19)15-16-26(17)21(29)10-6-14-27-23(31)18-7-3-4-8-20(18)28-22(30)11-12-24(27,28)2/h3-5,7-9,13,17H,6,10-12,14-16H2,1-2H3. The van der Waals surface area contributed by atoms with Crippen LogP contribution in [0.2, 0.25) is 0 Å². The Labute approximate surface area is 182 Å². The first-order valence-electron chi connectivity index (χ1n) is 11.1. The van der Waals surface area contributed by atoms with Crippen molar-refractivity contribution in [2.24, 2.45) is 0 Å². The van der Waals surface area contributed by atoms with E-state index in [1.54, 1.807) is 15.9 Å². The Morgan fingerprint density at radius 3 is 2.77 bits per heavy atom. The summed E-state index contributed by atoms with van der Waals surface area (Å²) in [5.41, 5.74) is 1.77. The summed E-state index contributed by atoms with van der Waals surface area (Å²) in [5, 5.41) is 0. The van der Waals surface area contributed by atoms with Crippen molar-refractivity contribution in [1.29, 1.82) is 0 Å². The van der Waals surface area contributed by atoms with Crippen LogP contribution in [0, 0.1) is 0 Å². The van der Waals surface area contributed by atoms with Gasteiger partial charge in [-0.1, -0.05) is 12.1 Å². The number of para-hydroxylation sites is 1. The zero-order valence-corrected chi connectivity index (χ0v) is 18.1. The molecule has 5 rings (SSSR count). The van der Waals surface area contributed by atoms with E-state index >= 15 is 0 Å². The molecule has 3 aliphatic rings. The second-order valence-electron chi connectivity index (χ2n) is 8.91. The Morgan fingerprint density at radius 2 is 1.94 bits per heavy atom. The Balaban J connectivity index is 1.30. The number of hydrogen-bond donors (Lipinski definition) is 0. The molecule has 0 aliphatic carbocycles. The lowest BCUT2D eigenvalue weighted by Crippen LogP contribution is -2.62. The van der Waals surface area contributed by atoms with E-state index in [9.17, 15) is 14.4 Å². The molecule has 0 radical (unpaired) electrons. The molecule has 2 aromatic rings. The third-order valence-corrected chi connectivity index (χ3v) is 7.18. The number of hydrogen-bond acceptors (Lipinski definition) is 3. The van der Waals surface area contributed by atoms with Crippen molar-refractivity contribution in [2.75, 3.05) is 18.0 Å². The Bertz CT molecular complexity index is 1060. The third kappa shape index (κ3) is 2.98. The van der Waals surface area contributed by atoms with Gasteiger partial charge in [-0.15, -0.1) is 0 Å². The highest BCUT2D eigenvalue weighted by Gasteiger charge is 2.52. The number of fused-ring (bicyclic) bond motifs is 4. The summed E-state index contributed by atoms with van der Waals surface area (Å²) in [7, 11) is 0. The Morgan fingerprint density at radius 1 is 1.13 bits per heavy atom. The molecular weight excluding hydrogens is 392 g/mol. The summed E-state index contributed by atoms with van der Waals surface area (Å²) in [4.78, 5) is 44.5. The van der Waals surface area contributed by atoms with Crippen molar-refractivity contribution in [3.63, 3.8) is 0 Å². The minimum Gasteiger partial charge on any atom is -0.348 e. The molecule has 3 amide bonds. The quantitative estimate of drug-likeness (QED) is 0.763. The summed E-state index contributed by atoms with van der Waals surface area (Å²) >= 11 is 0. The van der Waals surface area contributed by atoms with Crippen LogP contribution in [0.5, 0.6) is 0 Å². The number of carbonyl (C=O) groups excluding carboxylic acids is 3. The first-order chi connectivity index (χ1) is 14.9. The molecular formula is C24H28N4O3. The van der Waals surface area contributed by atoms with Crippen molar-refractivity contribution >= 4 is 23.4 Å². The van der Waals surface area contributed by atoms with Gasteiger partial charge < -0.3 is 14.4 Å². The van der Waals surface area contributed by atoms with E-state index in [0.717, 1.165) is 12.2 Å². The Hall–Kier alpha value is -3.09. The fraction of sp³-hybridized carbons (Fsp3) is 0.458. The number of nitrogens with zero attached hydrogens (tertiary/aromatic N) is 4. The third-order valence-electron chi connectivity index (χ3n) is 7.18. The van der Waals surface area contributed by atoms with Gasteiger partial charge in [0.25, 0.3) is 5.91 Å². The molecule has 0 spiro atoms. The molecule has 2 unspecified atom stereocenters. The van der Waals surface area contributed by atoms with Crippen molar-refractivity contribution in [1.82, 2.24) is 14.4 Å². The van der Waals surface area contributed by atoms with Gasteiger partial charge in [0.05, 0.1) is 17.3 Å². The van der Waals surface area contributed by atoms with Gasteiger partial charge in [0.2, 0.25) is 11.8 Å². The molecule has 7 nitrogen and oxygen atoms in total. The lowest BCUT2D eigenvalue weighted by Gasteiger charge is -2.48. The molecule has 4 heterocycles. The zero-order chi connectivity index (χ0) is 21.8. The SMILES string of the molecule is CC1c2cccn2CCN1C(=O)CCCN1C(=O)c2ccccc2N2C(=O)CCC12C. The summed E-state index contributed by atoms with van der Waals surface area (Å²) in [6.07, 6.45) is 4.07. The first kappa shape index (κ1) is 19.8. The van der Waals surface area contributed by atoms with Gasteiger partial charge in [-0.25, -0.2) is 0 Å². The van der Waals surface area contributed by atoms with Gasteiger partial charge >= 0.3 is 0 Å². The summed E-state index contributed by atoms with van der Waals surface area (Å²) < 4.78 is 2.20. The van der Waals surface area contributed by atoms with Gasteiger partial charge in [-0.2, -0.15) is 0 Å². The van der Waals surface area contributed by atoms with Crippen molar-refractivity contribution in [2.45, 2.75) is 57.8 Å². The van der Waals surface area contributed by atoms with E-state index in [0.29, 0.717) is 50.0 Å². The second-order valence-corrected chi connectivity index (χ2v) is 8.91. The van der Waals surface area contributed by atoms with E-state index in [1.165, 1.54) is 0 Å². The minimum atomic E-state index is -0.662. The molecule has 31 heavy (non-hydrogen) atoms. The van der Waals surface area contributed by atoms with Crippen LogP contribution in [0.1, 0.15) is 61.6 Å². The van der Waals surface area contributed by atoms with Gasteiger partial charge in [-0.05, 0) is 51.0 Å². The maximum Gasteiger partial charge on any atom is 0.257 e. The smallest absolute Gasteiger partial charge is 0.257 e. The fourth-order valence-corrected chi connectivity index (χ4v) is 5.49. The summed E-state index contributed by atoms with van der Waals surface area (Å²) in [5.74, 6) is 0.114. The maximum absolute atomic E-state index is 13.3. The number of carbonyl (C=O) groups is 3. The summed E-state index contributed by atoms with van der Waals surface area (Å²) in [6.45, 7) is 6.01. The first-order valence-corrected chi connectivity index (χ1v) is 11.1. The molecule has 3 aliphatic heterocycles. The van der Waals surface area contributed by atoms with E-state index in [-0.39, 0.29) is 23.8 Å². The van der Waals surface area contributed by atoms with Crippen LogP contribution in [-0.4, -0.2) is 50.8 Å². The van der Waals surface area contributed by atoms with Gasteiger partial charge in [0.1, 0.15) is 5.66 Å². The number of aromatic nitrogens is 1. The van der Waals surface area contributed by atoms with E-state index in [1.807, 2.05) is 36.1 Å². The Kier molecular flexibility index (Phi) is 4.64. The van der Waals surface area contributed by atoms with Crippen LogP contribution in [0.4, 0.5) is 5.69 Å². The molecule has 1 aromatic heterocycles. The fourth-order valence-electron chi connectivity index (χ4n) is 5.49. The van der Waals surface area contributed by atoms with Crippen molar-refractivity contribution in [3.05, 3.63) is 53.9 Å². The van der Waals surface area contributed by atoms with Crippen LogP contribution in [0.25, 0.3) is 0 Å². The van der Waals surface area contributed by atoms with Gasteiger partial charge in [-0.3, -0.25) is 19.3 Å². The highest BCUT2D eigenvalue weighted by atomic mass is 16.2. The molecule has 1 aromatic carbocycles. The summed E-state index contributed by atoms with van der Waals surface area (Å²) in [6, 6.07) is 11.5. The molecule has 2 atom stereocenters. The lowest BCUT2D eigenvalue weighted by atomic mass is 9.97. The average Bonchev–Trinajstić information content (AvgIpc) is 3.36. The average molecular weight is 421 g/mol. The van der Waals surface area contributed by atoms with Crippen LogP contribution in [-0.2, 0) is 16.1 Å². The van der Waals surface area contributed by atoms with Crippen molar-refractivity contribution in [3.8, 4) is 0 Å². The molecule has 0 bridgehead atoms. The van der Waals surface area contributed by atoms with Crippen LogP contribution in [0.3, 0.4) is 0 Å². The maximum atomic E-state index is 13.3. The van der Waals surface area contributed by atoms with Gasteiger partial charge in [0.15, 0.2) is 0 Å². The zero-order valence-electron chi connectivity index (χ0n) is 18.1. The largest absolute Gasteiger partial charge is 0.348 e. The van der Waals surface area contributed by atoms with Crippen LogP contribution >= 0.6 is 0 Å². The monoisotopic (exact) mass is 420 g/mol. The van der Waals surface area contributed by atoms with Crippen LogP contribution < -0.4 is 4.90 Å². The predicted molar refractivity (Wildman–Crippen MR) is 116 cm³/mol. The highest BCUT2D eigenvalue weighted by molar-refractivity contribution is 6.10. The van der Waals surface area contributed by atoms with E-state index < -0.39 is 5.66 Å². The van der Waals surface area contributed by atoms with Crippen molar-refractivity contribution < 1.29 is 14.4 Å². The van der Waals surface area contributed by atoms with Gasteiger partial charge in [0, 0.05) is 44.4 Å². The number of benzene rings is 1. The molecule has 7 heteroatoms. The predicted octanol–water partition coefficient (Wildman–Crippen LogP) is 3.17. The molecule has 1 fully saturated rings. The minimum absolute atomic E-state index is 0.0497. The van der Waals surface area contributed by atoms with Crippen LogP contribution in [0.15, 0.2) is 42.6 Å². The number of anilines is 1. The molecule has 0 saturated carbocycles. The number of amides is 3. The molecule has 1 saturated heterocycles.